The van der Waals surface area contributed by atoms with Gasteiger partial charge < -0.3 is 0 Å². The summed E-state index contributed by atoms with van der Waals surface area (Å²) in [5.41, 5.74) is 6.08. The van der Waals surface area contributed by atoms with Gasteiger partial charge in [-0.15, -0.1) is 0 Å². The number of benzene rings is 2. The van der Waals surface area contributed by atoms with Crippen molar-refractivity contribution in [2.75, 3.05) is 0 Å². The van der Waals surface area contributed by atoms with Gasteiger partial charge in [-0.2, -0.15) is 0 Å². The standard InChI is InChI=1S/C21H24F2/c1-5-17-7-6-8-18(20(17)15(2)3)12-9-16-10-13-19(14-11-16)21(4,22)23/h6-8,10-11,13-14H,2,5,9,12H2,1,3-4H3. The molecule has 0 saturated heterocycles. The van der Waals surface area contributed by atoms with Crippen LogP contribution >= 0.6 is 0 Å². The molecule has 0 amide bonds. The summed E-state index contributed by atoms with van der Waals surface area (Å²) in [5, 5.41) is 0. The zero-order valence-corrected chi connectivity index (χ0v) is 14.1. The highest BCUT2D eigenvalue weighted by Gasteiger charge is 2.23. The Hall–Kier alpha value is -1.96. The third-order valence-electron chi connectivity index (χ3n) is 4.19. The Morgan fingerprint density at radius 2 is 1.61 bits per heavy atom. The molecule has 0 unspecified atom stereocenters. The maximum Gasteiger partial charge on any atom is 0.270 e. The monoisotopic (exact) mass is 314 g/mol. The molecule has 2 heteroatoms. The summed E-state index contributed by atoms with van der Waals surface area (Å²) < 4.78 is 26.5. The first kappa shape index (κ1) is 17.4. The van der Waals surface area contributed by atoms with Gasteiger partial charge in [0, 0.05) is 12.5 Å². The smallest absolute Gasteiger partial charge is 0.202 e. The molecule has 0 aliphatic rings. The third kappa shape index (κ3) is 4.28. The van der Waals surface area contributed by atoms with Crippen LogP contribution in [0.3, 0.4) is 0 Å². The van der Waals surface area contributed by atoms with Crippen LogP contribution < -0.4 is 0 Å². The second-order valence-corrected chi connectivity index (χ2v) is 6.17. The van der Waals surface area contributed by atoms with Crippen molar-refractivity contribution in [1.82, 2.24) is 0 Å². The molecule has 0 aromatic heterocycles. The number of hydrogen-bond donors (Lipinski definition) is 0. The van der Waals surface area contributed by atoms with Crippen LogP contribution in [-0.4, -0.2) is 0 Å². The average Bonchev–Trinajstić information content (AvgIpc) is 2.51. The maximum atomic E-state index is 13.3. The van der Waals surface area contributed by atoms with Gasteiger partial charge in [0.2, 0.25) is 0 Å². The zero-order chi connectivity index (χ0) is 17.0. The normalized spacial score (nSPS) is 11.5. The molecule has 0 saturated carbocycles. The minimum atomic E-state index is -2.78. The highest BCUT2D eigenvalue weighted by molar-refractivity contribution is 5.67. The van der Waals surface area contributed by atoms with Crippen LogP contribution in [0, 0.1) is 0 Å². The van der Waals surface area contributed by atoms with Crippen molar-refractivity contribution in [1.29, 1.82) is 0 Å². The SMILES string of the molecule is C=C(C)c1c(CC)cccc1CCc1ccc(C(C)(F)F)cc1. The number of hydrogen-bond acceptors (Lipinski definition) is 0. The molecule has 0 atom stereocenters. The fourth-order valence-corrected chi connectivity index (χ4v) is 2.95. The van der Waals surface area contributed by atoms with Crippen molar-refractivity contribution in [3.63, 3.8) is 0 Å². The Kier molecular flexibility index (Phi) is 5.35. The molecule has 2 aromatic carbocycles. The summed E-state index contributed by atoms with van der Waals surface area (Å²) in [6.45, 7) is 9.22. The first-order valence-electron chi connectivity index (χ1n) is 8.06. The molecule has 0 N–H and O–H groups in total. The minimum absolute atomic E-state index is 0.0665. The van der Waals surface area contributed by atoms with E-state index in [-0.39, 0.29) is 5.56 Å². The molecule has 23 heavy (non-hydrogen) atoms. The molecule has 0 radical (unpaired) electrons. The molecule has 0 spiro atoms. The molecular weight excluding hydrogens is 290 g/mol. The lowest BCUT2D eigenvalue weighted by molar-refractivity contribution is 0.0174. The van der Waals surface area contributed by atoms with Crippen molar-refractivity contribution < 1.29 is 8.78 Å². The van der Waals surface area contributed by atoms with Gasteiger partial charge in [-0.05, 0) is 48.4 Å². The lowest BCUT2D eigenvalue weighted by Gasteiger charge is -2.15. The first-order chi connectivity index (χ1) is 10.8. The van der Waals surface area contributed by atoms with E-state index in [1.165, 1.54) is 28.8 Å². The summed E-state index contributed by atoms with van der Waals surface area (Å²) >= 11 is 0. The van der Waals surface area contributed by atoms with Crippen molar-refractivity contribution >= 4 is 5.57 Å². The van der Waals surface area contributed by atoms with E-state index in [2.05, 4.69) is 31.7 Å². The molecule has 0 aliphatic heterocycles. The average molecular weight is 314 g/mol. The molecule has 0 aliphatic carbocycles. The van der Waals surface area contributed by atoms with E-state index >= 15 is 0 Å². The van der Waals surface area contributed by atoms with E-state index in [9.17, 15) is 8.78 Å². The molecule has 0 fully saturated rings. The van der Waals surface area contributed by atoms with Crippen molar-refractivity contribution in [3.8, 4) is 0 Å². The fourth-order valence-electron chi connectivity index (χ4n) is 2.95. The number of alkyl halides is 2. The van der Waals surface area contributed by atoms with E-state index < -0.39 is 5.92 Å². The Bertz CT molecular complexity index is 676. The lowest BCUT2D eigenvalue weighted by atomic mass is 9.91. The second kappa shape index (κ2) is 7.08. The molecular formula is C21H24F2. The van der Waals surface area contributed by atoms with E-state index in [1.54, 1.807) is 12.1 Å². The van der Waals surface area contributed by atoms with Crippen molar-refractivity contribution in [3.05, 3.63) is 76.9 Å². The van der Waals surface area contributed by atoms with Crippen LogP contribution in [0.1, 0.15) is 48.6 Å². The highest BCUT2D eigenvalue weighted by Crippen LogP contribution is 2.28. The number of allylic oxidation sites excluding steroid dienone is 1. The van der Waals surface area contributed by atoms with Gasteiger partial charge in [0.15, 0.2) is 0 Å². The summed E-state index contributed by atoms with van der Waals surface area (Å²) in [7, 11) is 0. The summed E-state index contributed by atoms with van der Waals surface area (Å²) in [5.74, 6) is -2.78. The predicted molar refractivity (Wildman–Crippen MR) is 93.9 cm³/mol. The van der Waals surface area contributed by atoms with E-state index in [1.807, 2.05) is 6.92 Å². The molecule has 2 rings (SSSR count). The highest BCUT2D eigenvalue weighted by atomic mass is 19.3. The Balaban J connectivity index is 2.17. The predicted octanol–water partition coefficient (Wildman–Crippen LogP) is 6.18. The van der Waals surface area contributed by atoms with Gasteiger partial charge in [0.1, 0.15) is 0 Å². The van der Waals surface area contributed by atoms with Gasteiger partial charge in [0.25, 0.3) is 5.92 Å². The van der Waals surface area contributed by atoms with Gasteiger partial charge in [-0.1, -0.05) is 61.5 Å². The molecule has 2 aromatic rings. The molecule has 0 bridgehead atoms. The Morgan fingerprint density at radius 1 is 1.00 bits per heavy atom. The minimum Gasteiger partial charge on any atom is -0.202 e. The number of halogens is 2. The second-order valence-electron chi connectivity index (χ2n) is 6.17. The van der Waals surface area contributed by atoms with Gasteiger partial charge in [-0.25, -0.2) is 8.78 Å². The van der Waals surface area contributed by atoms with Crippen LogP contribution in [0.4, 0.5) is 8.78 Å². The largest absolute Gasteiger partial charge is 0.270 e. The topological polar surface area (TPSA) is 0 Å². The summed E-state index contributed by atoms with van der Waals surface area (Å²) in [4.78, 5) is 0. The van der Waals surface area contributed by atoms with Crippen LogP contribution in [0.15, 0.2) is 49.0 Å². The van der Waals surface area contributed by atoms with E-state index in [0.29, 0.717) is 0 Å². The van der Waals surface area contributed by atoms with Crippen LogP contribution in [0.25, 0.3) is 5.57 Å². The van der Waals surface area contributed by atoms with Gasteiger partial charge >= 0.3 is 0 Å². The zero-order valence-electron chi connectivity index (χ0n) is 14.1. The van der Waals surface area contributed by atoms with E-state index in [0.717, 1.165) is 37.3 Å². The van der Waals surface area contributed by atoms with Crippen molar-refractivity contribution in [2.24, 2.45) is 0 Å². The van der Waals surface area contributed by atoms with Gasteiger partial charge in [0.05, 0.1) is 0 Å². The molecule has 122 valence electrons. The Morgan fingerprint density at radius 3 is 2.13 bits per heavy atom. The van der Waals surface area contributed by atoms with Gasteiger partial charge in [-0.3, -0.25) is 0 Å². The number of rotatable bonds is 6. The van der Waals surface area contributed by atoms with Crippen LogP contribution in [0.5, 0.6) is 0 Å². The maximum absolute atomic E-state index is 13.3. The van der Waals surface area contributed by atoms with Crippen molar-refractivity contribution in [2.45, 2.75) is 46.0 Å². The summed E-state index contributed by atoms with van der Waals surface area (Å²) in [6.07, 6.45) is 2.71. The van der Waals surface area contributed by atoms with Crippen LogP contribution in [-0.2, 0) is 25.2 Å². The fraction of sp³-hybridized carbons (Fsp3) is 0.333. The Labute approximate surface area is 137 Å². The van der Waals surface area contributed by atoms with E-state index in [4.69, 9.17) is 0 Å². The third-order valence-corrected chi connectivity index (χ3v) is 4.19. The lowest BCUT2D eigenvalue weighted by Crippen LogP contribution is -2.06. The molecule has 0 heterocycles. The molecule has 0 nitrogen and oxygen atoms in total. The number of aryl methyl sites for hydroxylation is 3. The summed E-state index contributed by atoms with van der Waals surface area (Å²) in [6, 6.07) is 13.0. The quantitative estimate of drug-likeness (QED) is 0.597. The first-order valence-corrected chi connectivity index (χ1v) is 8.06. The van der Waals surface area contributed by atoms with Crippen LogP contribution in [0.2, 0.25) is 0 Å².